The van der Waals surface area contributed by atoms with E-state index in [1.807, 2.05) is 13.8 Å². The van der Waals surface area contributed by atoms with Crippen molar-refractivity contribution in [3.63, 3.8) is 0 Å². The molecule has 1 atom stereocenters. The maximum absolute atomic E-state index is 11.8. The van der Waals surface area contributed by atoms with Gasteiger partial charge in [0, 0.05) is 11.3 Å². The summed E-state index contributed by atoms with van der Waals surface area (Å²) >= 11 is 0. The molecule has 0 aliphatic heterocycles. The lowest BCUT2D eigenvalue weighted by Crippen LogP contribution is -2.45. The Hall–Kier alpha value is -1.85. The van der Waals surface area contributed by atoms with E-state index in [0.29, 0.717) is 0 Å². The maximum Gasteiger partial charge on any atom is 0.326 e. The molecule has 1 amide bonds. The number of aliphatic carboxylic acids is 1. The van der Waals surface area contributed by atoms with Crippen molar-refractivity contribution in [2.45, 2.75) is 40.2 Å². The molecule has 18 heavy (non-hydrogen) atoms. The second-order valence-electron chi connectivity index (χ2n) is 4.72. The molecule has 0 saturated heterocycles. The molecule has 0 aliphatic carbocycles. The van der Waals surface area contributed by atoms with Crippen molar-refractivity contribution in [1.82, 2.24) is 15.5 Å². The van der Waals surface area contributed by atoms with Crippen molar-refractivity contribution in [1.29, 1.82) is 0 Å². The molecule has 0 spiro atoms. The molecular weight excluding hydrogens is 234 g/mol. The monoisotopic (exact) mass is 253 g/mol. The lowest BCUT2D eigenvalue weighted by molar-refractivity contribution is -0.143. The zero-order valence-corrected chi connectivity index (χ0v) is 11.1. The van der Waals surface area contributed by atoms with Gasteiger partial charge in [0.15, 0.2) is 0 Å². The Morgan fingerprint density at radius 1 is 1.39 bits per heavy atom. The lowest BCUT2D eigenvalue weighted by atomic mass is 10.0. The number of carbonyl (C=O) groups is 2. The van der Waals surface area contributed by atoms with Gasteiger partial charge < -0.3 is 10.4 Å². The summed E-state index contributed by atoms with van der Waals surface area (Å²) in [7, 11) is 0. The van der Waals surface area contributed by atoms with Gasteiger partial charge in [-0.2, -0.15) is 5.10 Å². The van der Waals surface area contributed by atoms with E-state index in [1.165, 1.54) is 0 Å². The van der Waals surface area contributed by atoms with E-state index in [-0.39, 0.29) is 18.2 Å². The number of aromatic nitrogens is 2. The van der Waals surface area contributed by atoms with Gasteiger partial charge >= 0.3 is 5.97 Å². The van der Waals surface area contributed by atoms with Gasteiger partial charge in [-0.05, 0) is 19.8 Å². The second kappa shape index (κ2) is 5.66. The van der Waals surface area contributed by atoms with Crippen LogP contribution in [0.3, 0.4) is 0 Å². The van der Waals surface area contributed by atoms with Gasteiger partial charge in [0.25, 0.3) is 0 Å². The largest absolute Gasteiger partial charge is 0.480 e. The number of H-pyrrole nitrogens is 1. The first kappa shape index (κ1) is 14.2. The summed E-state index contributed by atoms with van der Waals surface area (Å²) in [6, 6.07) is -0.856. The number of nitrogens with one attached hydrogen (secondary N) is 2. The van der Waals surface area contributed by atoms with Crippen LogP contribution in [0.25, 0.3) is 0 Å². The zero-order chi connectivity index (χ0) is 13.9. The minimum atomic E-state index is -1.01. The van der Waals surface area contributed by atoms with Crippen LogP contribution in [0.2, 0.25) is 0 Å². The van der Waals surface area contributed by atoms with Crippen LogP contribution in [0.1, 0.15) is 30.8 Å². The van der Waals surface area contributed by atoms with Gasteiger partial charge in [0.05, 0.1) is 12.1 Å². The molecule has 0 saturated carbocycles. The first-order chi connectivity index (χ1) is 8.32. The van der Waals surface area contributed by atoms with E-state index < -0.39 is 12.0 Å². The number of hydrogen-bond donors (Lipinski definition) is 3. The number of aryl methyl sites for hydroxylation is 2. The molecule has 1 rings (SSSR count). The predicted octanol–water partition coefficient (Wildman–Crippen LogP) is 0.794. The number of carboxylic acid groups (broad SMARTS) is 1. The molecule has 0 unspecified atom stereocenters. The van der Waals surface area contributed by atoms with Gasteiger partial charge in [-0.15, -0.1) is 0 Å². The van der Waals surface area contributed by atoms with Crippen molar-refractivity contribution in [2.75, 3.05) is 0 Å². The summed E-state index contributed by atoms with van der Waals surface area (Å²) in [6.07, 6.45) is 0.144. The van der Waals surface area contributed by atoms with E-state index >= 15 is 0 Å². The van der Waals surface area contributed by atoms with E-state index in [2.05, 4.69) is 15.5 Å². The zero-order valence-electron chi connectivity index (χ0n) is 11.1. The molecule has 0 radical (unpaired) electrons. The number of carboxylic acids is 1. The van der Waals surface area contributed by atoms with E-state index in [0.717, 1.165) is 17.0 Å². The molecule has 1 aromatic heterocycles. The SMILES string of the molecule is Cc1n[nH]c(C)c1CC(=O)N[C@H](C(=O)O)C(C)C. The van der Waals surface area contributed by atoms with Gasteiger partial charge in [0.2, 0.25) is 5.91 Å². The molecule has 0 aromatic carbocycles. The summed E-state index contributed by atoms with van der Waals surface area (Å²) in [5.41, 5.74) is 2.42. The Bertz CT molecular complexity index is 432. The van der Waals surface area contributed by atoms with Crippen LogP contribution in [-0.2, 0) is 16.0 Å². The summed E-state index contributed by atoms with van der Waals surface area (Å²) in [5, 5.41) is 18.3. The molecule has 1 heterocycles. The molecule has 6 nitrogen and oxygen atoms in total. The van der Waals surface area contributed by atoms with Gasteiger partial charge in [0.1, 0.15) is 6.04 Å². The normalized spacial score (nSPS) is 12.5. The van der Waals surface area contributed by atoms with Crippen molar-refractivity contribution >= 4 is 11.9 Å². The van der Waals surface area contributed by atoms with E-state index in [9.17, 15) is 9.59 Å². The van der Waals surface area contributed by atoms with Crippen molar-refractivity contribution in [2.24, 2.45) is 5.92 Å². The van der Waals surface area contributed by atoms with Crippen LogP contribution in [0.4, 0.5) is 0 Å². The third-order valence-electron chi connectivity index (χ3n) is 2.87. The summed E-state index contributed by atoms with van der Waals surface area (Å²) < 4.78 is 0. The topological polar surface area (TPSA) is 95.1 Å². The minimum absolute atomic E-state index is 0.144. The summed E-state index contributed by atoms with van der Waals surface area (Å²) in [5.74, 6) is -1.47. The predicted molar refractivity (Wildman–Crippen MR) is 66.2 cm³/mol. The Labute approximate surface area is 106 Å². The van der Waals surface area contributed by atoms with E-state index in [1.54, 1.807) is 13.8 Å². The average Bonchev–Trinajstić information content (AvgIpc) is 2.56. The maximum atomic E-state index is 11.8. The van der Waals surface area contributed by atoms with Crippen LogP contribution in [0.15, 0.2) is 0 Å². The van der Waals surface area contributed by atoms with Gasteiger partial charge in [-0.1, -0.05) is 13.8 Å². The van der Waals surface area contributed by atoms with Crippen molar-refractivity contribution < 1.29 is 14.7 Å². The number of rotatable bonds is 5. The molecule has 1 aromatic rings. The van der Waals surface area contributed by atoms with Crippen LogP contribution >= 0.6 is 0 Å². The average molecular weight is 253 g/mol. The molecule has 0 aliphatic rings. The van der Waals surface area contributed by atoms with Gasteiger partial charge in [-0.25, -0.2) is 4.79 Å². The fraction of sp³-hybridized carbons (Fsp3) is 0.583. The van der Waals surface area contributed by atoms with Crippen LogP contribution in [0.5, 0.6) is 0 Å². The highest BCUT2D eigenvalue weighted by atomic mass is 16.4. The van der Waals surface area contributed by atoms with E-state index in [4.69, 9.17) is 5.11 Å². The first-order valence-electron chi connectivity index (χ1n) is 5.85. The molecule has 6 heteroatoms. The molecular formula is C12H19N3O3. The minimum Gasteiger partial charge on any atom is -0.480 e. The molecule has 0 fully saturated rings. The second-order valence-corrected chi connectivity index (χ2v) is 4.72. The van der Waals surface area contributed by atoms with Crippen molar-refractivity contribution in [3.05, 3.63) is 17.0 Å². The molecule has 0 bridgehead atoms. The number of amides is 1. The Morgan fingerprint density at radius 3 is 2.39 bits per heavy atom. The summed E-state index contributed by atoms with van der Waals surface area (Å²) in [6.45, 7) is 7.16. The number of hydrogen-bond acceptors (Lipinski definition) is 3. The fourth-order valence-corrected chi connectivity index (χ4v) is 1.73. The summed E-state index contributed by atoms with van der Waals surface area (Å²) in [4.78, 5) is 22.8. The standard InChI is InChI=1S/C12H19N3O3/c1-6(2)11(12(17)18)13-10(16)5-9-7(3)14-15-8(9)4/h6,11H,5H2,1-4H3,(H,13,16)(H,14,15)(H,17,18)/t11-/m0/s1. The third-order valence-corrected chi connectivity index (χ3v) is 2.87. The Morgan fingerprint density at radius 2 is 2.00 bits per heavy atom. The van der Waals surface area contributed by atoms with Gasteiger partial charge in [-0.3, -0.25) is 9.89 Å². The fourth-order valence-electron chi connectivity index (χ4n) is 1.73. The van der Waals surface area contributed by atoms with Crippen molar-refractivity contribution in [3.8, 4) is 0 Å². The highest BCUT2D eigenvalue weighted by Gasteiger charge is 2.24. The highest BCUT2D eigenvalue weighted by molar-refractivity contribution is 5.85. The smallest absolute Gasteiger partial charge is 0.326 e. The lowest BCUT2D eigenvalue weighted by Gasteiger charge is -2.17. The Kier molecular flexibility index (Phi) is 4.47. The molecule has 3 N–H and O–H groups in total. The van der Waals surface area contributed by atoms with Crippen LogP contribution in [-0.4, -0.2) is 33.2 Å². The number of carbonyl (C=O) groups excluding carboxylic acids is 1. The first-order valence-corrected chi connectivity index (χ1v) is 5.85. The quantitative estimate of drug-likeness (QED) is 0.723. The highest BCUT2D eigenvalue weighted by Crippen LogP contribution is 2.10. The van der Waals surface area contributed by atoms with Crippen LogP contribution in [0, 0.1) is 19.8 Å². The Balaban J connectivity index is 2.69. The molecule has 100 valence electrons. The third kappa shape index (κ3) is 3.32. The number of nitrogens with zero attached hydrogens (tertiary/aromatic N) is 1. The number of aromatic amines is 1. The van der Waals surface area contributed by atoms with Crippen LogP contribution < -0.4 is 5.32 Å².